The lowest BCUT2D eigenvalue weighted by atomic mass is 9.69. The summed E-state index contributed by atoms with van der Waals surface area (Å²) in [6.07, 6.45) is 0.182. The third-order valence-corrected chi connectivity index (χ3v) is 8.59. The summed E-state index contributed by atoms with van der Waals surface area (Å²) < 4.78 is 11.6. The molecule has 232 valence electrons. The highest BCUT2D eigenvalue weighted by Crippen LogP contribution is 2.46. The van der Waals surface area contributed by atoms with E-state index in [-0.39, 0.29) is 0 Å². The van der Waals surface area contributed by atoms with Gasteiger partial charge in [0, 0.05) is 47.0 Å². The molecule has 0 radical (unpaired) electrons. The van der Waals surface area contributed by atoms with Crippen LogP contribution in [-0.2, 0) is 41.5 Å². The lowest BCUT2D eigenvalue weighted by molar-refractivity contribution is -0.170. The van der Waals surface area contributed by atoms with Crippen LogP contribution in [-0.4, -0.2) is 45.7 Å². The number of aromatic amines is 2. The Morgan fingerprint density at radius 3 is 1.36 bits per heavy atom. The van der Waals surface area contributed by atoms with Crippen LogP contribution in [0.1, 0.15) is 88.7 Å². The van der Waals surface area contributed by atoms with E-state index in [0.29, 0.717) is 35.8 Å². The molecule has 0 amide bonds. The Morgan fingerprint density at radius 1 is 0.659 bits per heavy atom. The number of aromatic nitrogens is 2. The summed E-state index contributed by atoms with van der Waals surface area (Å²) in [5.74, 6) is -3.72. The zero-order valence-electron chi connectivity index (χ0n) is 26.4. The van der Waals surface area contributed by atoms with Crippen molar-refractivity contribution in [1.29, 1.82) is 0 Å². The van der Waals surface area contributed by atoms with Crippen molar-refractivity contribution in [3.8, 4) is 0 Å². The van der Waals surface area contributed by atoms with Gasteiger partial charge in [-0.1, -0.05) is 64.1 Å². The van der Waals surface area contributed by atoms with E-state index in [1.807, 2.05) is 48.5 Å². The monoisotopic (exact) mass is 598 g/mol. The van der Waals surface area contributed by atoms with Gasteiger partial charge >= 0.3 is 11.9 Å². The summed E-state index contributed by atoms with van der Waals surface area (Å²) in [7, 11) is 0. The van der Waals surface area contributed by atoms with E-state index in [9.17, 15) is 19.2 Å². The molecule has 8 nitrogen and oxygen atoms in total. The number of aryl methyl sites for hydroxylation is 2. The molecule has 2 heterocycles. The molecule has 0 bridgehead atoms. The van der Waals surface area contributed by atoms with E-state index >= 15 is 0 Å². The molecule has 2 aromatic heterocycles. The summed E-state index contributed by atoms with van der Waals surface area (Å²) in [6.45, 7) is 11.0. The molecule has 1 fully saturated rings. The normalized spacial score (nSPS) is 20.6. The molecule has 44 heavy (non-hydrogen) atoms. The maximum absolute atomic E-state index is 14.8. The number of rotatable bonds is 10. The SMILES string of the molecule is CC(=O)OC1C(=O)C(c2c(CCC(C)C)[nH]c3ccccc23)C(OC(C)=O)C(=O)C1c1c(CCC(C)C)[nH]c2ccccc12. The molecular weight excluding hydrogens is 556 g/mol. The lowest BCUT2D eigenvalue weighted by Gasteiger charge is -2.38. The van der Waals surface area contributed by atoms with Gasteiger partial charge in [0.2, 0.25) is 0 Å². The highest BCUT2D eigenvalue weighted by molar-refractivity contribution is 6.12. The molecule has 4 atom stereocenters. The summed E-state index contributed by atoms with van der Waals surface area (Å²) in [5, 5.41) is 1.55. The van der Waals surface area contributed by atoms with Crippen molar-refractivity contribution in [2.24, 2.45) is 11.8 Å². The fourth-order valence-electron chi connectivity index (χ4n) is 6.59. The number of hydrogen-bond donors (Lipinski definition) is 2. The van der Waals surface area contributed by atoms with Crippen molar-refractivity contribution in [2.75, 3.05) is 0 Å². The second-order valence-corrected chi connectivity index (χ2v) is 12.8. The van der Waals surface area contributed by atoms with Gasteiger partial charge in [0.1, 0.15) is 0 Å². The van der Waals surface area contributed by atoms with Crippen molar-refractivity contribution >= 4 is 45.3 Å². The van der Waals surface area contributed by atoms with Crippen molar-refractivity contribution in [1.82, 2.24) is 9.97 Å². The van der Waals surface area contributed by atoms with Gasteiger partial charge in [-0.05, 0) is 60.8 Å². The zero-order chi connectivity index (χ0) is 31.7. The number of carbonyl (C=O) groups excluding carboxylic acids is 4. The number of nitrogens with one attached hydrogen (secondary N) is 2. The minimum atomic E-state index is -1.39. The third-order valence-electron chi connectivity index (χ3n) is 8.59. The largest absolute Gasteiger partial charge is 0.453 e. The zero-order valence-corrected chi connectivity index (χ0v) is 26.4. The van der Waals surface area contributed by atoms with Gasteiger partial charge in [-0.15, -0.1) is 0 Å². The topological polar surface area (TPSA) is 118 Å². The van der Waals surface area contributed by atoms with E-state index in [1.54, 1.807) is 0 Å². The molecule has 2 aromatic carbocycles. The third kappa shape index (κ3) is 6.07. The second kappa shape index (κ2) is 12.8. The fraction of sp³-hybridized carbons (Fsp3) is 0.444. The highest BCUT2D eigenvalue weighted by atomic mass is 16.6. The molecule has 5 rings (SSSR count). The Balaban J connectivity index is 1.73. The first-order valence-corrected chi connectivity index (χ1v) is 15.6. The number of fused-ring (bicyclic) bond motifs is 2. The Kier molecular flexibility index (Phi) is 9.09. The fourth-order valence-corrected chi connectivity index (χ4v) is 6.59. The Morgan fingerprint density at radius 2 is 1.02 bits per heavy atom. The lowest BCUT2D eigenvalue weighted by Crippen LogP contribution is -2.54. The van der Waals surface area contributed by atoms with Gasteiger partial charge in [-0.2, -0.15) is 0 Å². The molecule has 1 aliphatic carbocycles. The molecule has 0 aliphatic heterocycles. The van der Waals surface area contributed by atoms with Crippen LogP contribution in [0.15, 0.2) is 48.5 Å². The predicted molar refractivity (Wildman–Crippen MR) is 170 cm³/mol. The number of carbonyl (C=O) groups is 4. The van der Waals surface area contributed by atoms with E-state index < -0.39 is 47.5 Å². The summed E-state index contributed by atoms with van der Waals surface area (Å²) in [5.41, 5.74) is 4.52. The average Bonchev–Trinajstić information content (AvgIpc) is 3.51. The van der Waals surface area contributed by atoms with E-state index in [4.69, 9.17) is 9.47 Å². The van der Waals surface area contributed by atoms with Gasteiger partial charge in [0.15, 0.2) is 23.8 Å². The molecule has 4 aromatic rings. The van der Waals surface area contributed by atoms with Crippen LogP contribution in [0.3, 0.4) is 0 Å². The molecule has 8 heteroatoms. The molecule has 0 saturated heterocycles. The Hall–Kier alpha value is -4.20. The van der Waals surface area contributed by atoms with Crippen LogP contribution >= 0.6 is 0 Å². The minimum Gasteiger partial charge on any atom is -0.453 e. The van der Waals surface area contributed by atoms with Crippen molar-refractivity contribution < 1.29 is 28.7 Å². The number of H-pyrrole nitrogens is 2. The maximum Gasteiger partial charge on any atom is 0.303 e. The molecule has 4 unspecified atom stereocenters. The first kappa shape index (κ1) is 31.2. The first-order chi connectivity index (χ1) is 21.0. The Bertz CT molecular complexity index is 1580. The molecule has 1 saturated carbocycles. The molecule has 0 spiro atoms. The van der Waals surface area contributed by atoms with Crippen molar-refractivity contribution in [2.45, 2.75) is 91.3 Å². The number of benzene rings is 2. The van der Waals surface area contributed by atoms with Crippen molar-refractivity contribution in [3.05, 3.63) is 71.0 Å². The predicted octanol–water partition coefficient (Wildman–Crippen LogP) is 6.71. The number of para-hydroxylation sites is 2. The van der Waals surface area contributed by atoms with Crippen LogP contribution in [0.2, 0.25) is 0 Å². The standard InChI is InChI=1S/C36H42N2O6/c1-19(2)15-17-27-29(23-11-7-9-13-25(23)37-27)31-33(41)36(44-22(6)40)32(34(42)35(31)43-21(5)39)30-24-12-8-10-14-26(24)38-28(30)18-16-20(3)4/h7-14,19-20,31-32,35-38H,15-18H2,1-6H3. The molecule has 2 N–H and O–H groups in total. The van der Waals surface area contributed by atoms with Crippen LogP contribution in [0.5, 0.6) is 0 Å². The van der Waals surface area contributed by atoms with Gasteiger partial charge < -0.3 is 19.4 Å². The minimum absolute atomic E-state index is 0.395. The summed E-state index contributed by atoms with van der Waals surface area (Å²) in [6, 6.07) is 15.2. The first-order valence-electron chi connectivity index (χ1n) is 15.6. The number of ketones is 2. The van der Waals surface area contributed by atoms with E-state index in [1.165, 1.54) is 13.8 Å². The average molecular weight is 599 g/mol. The van der Waals surface area contributed by atoms with Gasteiger partial charge in [-0.25, -0.2) is 0 Å². The Labute approximate surface area is 257 Å². The van der Waals surface area contributed by atoms with E-state index in [2.05, 4.69) is 37.7 Å². The van der Waals surface area contributed by atoms with Crippen LogP contribution in [0, 0.1) is 11.8 Å². The van der Waals surface area contributed by atoms with Gasteiger partial charge in [0.05, 0.1) is 11.8 Å². The summed E-state index contributed by atoms with van der Waals surface area (Å²) >= 11 is 0. The van der Waals surface area contributed by atoms with Gasteiger partial charge in [0.25, 0.3) is 0 Å². The highest BCUT2D eigenvalue weighted by Gasteiger charge is 2.56. The quantitative estimate of drug-likeness (QED) is 0.196. The van der Waals surface area contributed by atoms with Crippen LogP contribution in [0.25, 0.3) is 21.8 Å². The van der Waals surface area contributed by atoms with Gasteiger partial charge in [-0.3, -0.25) is 19.2 Å². The maximum atomic E-state index is 14.8. The number of Topliss-reactive ketones (excluding diaryl/α,β-unsaturated/α-hetero) is 2. The summed E-state index contributed by atoms with van der Waals surface area (Å²) in [4.78, 5) is 61.7. The van der Waals surface area contributed by atoms with Crippen LogP contribution in [0.4, 0.5) is 0 Å². The molecular formula is C36H42N2O6. The van der Waals surface area contributed by atoms with Crippen molar-refractivity contribution in [3.63, 3.8) is 0 Å². The molecule has 1 aliphatic rings. The smallest absolute Gasteiger partial charge is 0.303 e. The number of esters is 2. The number of ether oxygens (including phenoxy) is 2. The number of hydrogen-bond acceptors (Lipinski definition) is 6. The van der Waals surface area contributed by atoms with E-state index in [0.717, 1.165) is 46.0 Å². The second-order valence-electron chi connectivity index (χ2n) is 12.8. The van der Waals surface area contributed by atoms with Crippen LogP contribution < -0.4 is 0 Å².